The summed E-state index contributed by atoms with van der Waals surface area (Å²) in [6, 6.07) is 12.5. The number of sulfonamides is 2. The first-order chi connectivity index (χ1) is 14.1. The van der Waals surface area contributed by atoms with Crippen molar-refractivity contribution >= 4 is 41.9 Å². The van der Waals surface area contributed by atoms with E-state index in [0.29, 0.717) is 0 Å². The molecule has 0 saturated heterocycles. The summed E-state index contributed by atoms with van der Waals surface area (Å²) in [5.74, 6) is -0.521. The third-order valence-electron chi connectivity index (χ3n) is 4.19. The van der Waals surface area contributed by atoms with E-state index in [2.05, 4.69) is 26.0 Å². The van der Waals surface area contributed by atoms with Gasteiger partial charge in [-0.25, -0.2) is 21.6 Å². The van der Waals surface area contributed by atoms with Crippen molar-refractivity contribution in [2.45, 2.75) is 23.6 Å². The summed E-state index contributed by atoms with van der Waals surface area (Å²) in [6.45, 7) is 3.26. The lowest BCUT2D eigenvalue weighted by atomic mass is 10.2. The molecule has 164 valence electrons. The van der Waals surface area contributed by atoms with Crippen LogP contribution in [0.2, 0.25) is 0 Å². The van der Waals surface area contributed by atoms with Crippen molar-refractivity contribution in [2.24, 2.45) is 0 Å². The maximum absolute atomic E-state index is 12.7. The van der Waals surface area contributed by atoms with Gasteiger partial charge in [0.1, 0.15) is 0 Å². The molecule has 0 saturated carbocycles. The zero-order chi connectivity index (χ0) is 22.4. The lowest BCUT2D eigenvalue weighted by Crippen LogP contribution is -2.42. The molecule has 30 heavy (non-hydrogen) atoms. The van der Waals surface area contributed by atoms with Crippen molar-refractivity contribution < 1.29 is 21.6 Å². The minimum absolute atomic E-state index is 0.0203. The second kappa shape index (κ2) is 10.5. The van der Waals surface area contributed by atoms with Crippen molar-refractivity contribution in [3.05, 3.63) is 58.6 Å². The first-order valence-corrected chi connectivity index (χ1v) is 12.9. The third kappa shape index (κ3) is 6.61. The SMILES string of the molecule is CCN(CC(=O)NCCNS(=O)(=O)c1ccc(C)cc1)S(=O)(=O)c1ccc(Br)cc1. The molecular weight excluding hydrogens is 494 g/mol. The van der Waals surface area contributed by atoms with Crippen molar-refractivity contribution in [3.8, 4) is 0 Å². The lowest BCUT2D eigenvalue weighted by molar-refractivity contribution is -0.121. The van der Waals surface area contributed by atoms with Crippen LogP contribution < -0.4 is 10.0 Å². The summed E-state index contributed by atoms with van der Waals surface area (Å²) in [6.07, 6.45) is 0. The maximum Gasteiger partial charge on any atom is 0.243 e. The first kappa shape index (κ1) is 24.5. The van der Waals surface area contributed by atoms with E-state index >= 15 is 0 Å². The second-order valence-corrected chi connectivity index (χ2v) is 11.1. The summed E-state index contributed by atoms with van der Waals surface area (Å²) < 4.78 is 54.0. The van der Waals surface area contributed by atoms with Gasteiger partial charge in [-0.05, 0) is 43.3 Å². The molecule has 1 amide bonds. The molecule has 2 N–H and O–H groups in total. The van der Waals surface area contributed by atoms with Crippen LogP contribution in [-0.4, -0.2) is 53.2 Å². The van der Waals surface area contributed by atoms with E-state index in [4.69, 9.17) is 0 Å². The number of nitrogens with zero attached hydrogens (tertiary/aromatic N) is 1. The van der Waals surface area contributed by atoms with Gasteiger partial charge in [-0.3, -0.25) is 4.79 Å². The fraction of sp³-hybridized carbons (Fsp3) is 0.316. The highest BCUT2D eigenvalue weighted by molar-refractivity contribution is 9.10. The average Bonchev–Trinajstić information content (AvgIpc) is 2.70. The van der Waals surface area contributed by atoms with E-state index in [9.17, 15) is 21.6 Å². The molecule has 11 heteroatoms. The fourth-order valence-electron chi connectivity index (χ4n) is 2.53. The summed E-state index contributed by atoms with van der Waals surface area (Å²) in [5.41, 5.74) is 0.944. The van der Waals surface area contributed by atoms with Gasteiger partial charge in [0.25, 0.3) is 0 Å². The molecule has 0 fully saturated rings. The first-order valence-electron chi connectivity index (χ1n) is 9.15. The Morgan fingerprint density at radius 3 is 2.07 bits per heavy atom. The van der Waals surface area contributed by atoms with Gasteiger partial charge in [0, 0.05) is 24.1 Å². The molecule has 0 heterocycles. The van der Waals surface area contributed by atoms with Crippen LogP contribution in [0.5, 0.6) is 0 Å². The van der Waals surface area contributed by atoms with Crippen LogP contribution in [0.4, 0.5) is 0 Å². The van der Waals surface area contributed by atoms with E-state index < -0.39 is 26.0 Å². The monoisotopic (exact) mass is 517 g/mol. The van der Waals surface area contributed by atoms with Crippen LogP contribution in [0.1, 0.15) is 12.5 Å². The van der Waals surface area contributed by atoms with Gasteiger partial charge < -0.3 is 5.32 Å². The number of benzene rings is 2. The fourth-order valence-corrected chi connectivity index (χ4v) is 5.23. The normalized spacial score (nSPS) is 12.1. The number of aryl methyl sites for hydroxylation is 1. The summed E-state index contributed by atoms with van der Waals surface area (Å²) in [4.78, 5) is 12.4. The molecule has 0 aromatic heterocycles. The van der Waals surface area contributed by atoms with Gasteiger partial charge in [0.05, 0.1) is 16.3 Å². The molecular formula is C19H24BrN3O5S2. The number of rotatable bonds is 10. The topological polar surface area (TPSA) is 113 Å². The highest BCUT2D eigenvalue weighted by atomic mass is 79.9. The molecule has 0 aliphatic rings. The minimum atomic E-state index is -3.82. The van der Waals surface area contributed by atoms with Crippen molar-refractivity contribution in [1.82, 2.24) is 14.3 Å². The van der Waals surface area contributed by atoms with Crippen LogP contribution in [0, 0.1) is 6.92 Å². The molecule has 2 aromatic rings. The Labute approximate surface area is 185 Å². The van der Waals surface area contributed by atoms with E-state index in [1.807, 2.05) is 6.92 Å². The summed E-state index contributed by atoms with van der Waals surface area (Å²) in [7, 11) is -7.49. The Kier molecular flexibility index (Phi) is 8.56. The van der Waals surface area contributed by atoms with Crippen molar-refractivity contribution in [1.29, 1.82) is 0 Å². The molecule has 0 atom stereocenters. The predicted molar refractivity (Wildman–Crippen MR) is 118 cm³/mol. The highest BCUT2D eigenvalue weighted by Crippen LogP contribution is 2.18. The van der Waals surface area contributed by atoms with E-state index in [1.54, 1.807) is 31.2 Å². The Morgan fingerprint density at radius 2 is 1.50 bits per heavy atom. The maximum atomic E-state index is 12.7. The standard InChI is InChI=1S/C19H24BrN3O5S2/c1-3-23(30(27,28)18-10-6-16(20)7-11-18)14-19(24)21-12-13-22-29(25,26)17-8-4-15(2)5-9-17/h4-11,22H,3,12-14H2,1-2H3,(H,21,24). The smallest absolute Gasteiger partial charge is 0.243 e. The van der Waals surface area contributed by atoms with Gasteiger partial charge in [-0.2, -0.15) is 4.31 Å². The largest absolute Gasteiger partial charge is 0.354 e. The number of hydrogen-bond donors (Lipinski definition) is 2. The zero-order valence-corrected chi connectivity index (χ0v) is 19.8. The quantitative estimate of drug-likeness (QED) is 0.467. The number of hydrogen-bond acceptors (Lipinski definition) is 5. The highest BCUT2D eigenvalue weighted by Gasteiger charge is 2.25. The molecule has 0 aliphatic carbocycles. The van der Waals surface area contributed by atoms with Crippen molar-refractivity contribution in [3.63, 3.8) is 0 Å². The third-order valence-corrected chi connectivity index (χ3v) is 8.14. The van der Waals surface area contributed by atoms with Gasteiger partial charge in [0.15, 0.2) is 0 Å². The van der Waals surface area contributed by atoms with Crippen LogP contribution in [0.25, 0.3) is 0 Å². The molecule has 2 aromatic carbocycles. The van der Waals surface area contributed by atoms with E-state index in [1.165, 1.54) is 24.3 Å². The molecule has 0 aliphatic heterocycles. The molecule has 0 radical (unpaired) electrons. The van der Waals surface area contributed by atoms with E-state index in [0.717, 1.165) is 14.3 Å². The van der Waals surface area contributed by atoms with Gasteiger partial charge in [0.2, 0.25) is 26.0 Å². The van der Waals surface area contributed by atoms with Gasteiger partial charge >= 0.3 is 0 Å². The Bertz CT molecular complexity index is 1070. The molecule has 0 bridgehead atoms. The number of carbonyl (C=O) groups excluding carboxylic acids is 1. The molecule has 0 unspecified atom stereocenters. The van der Waals surface area contributed by atoms with Crippen LogP contribution >= 0.6 is 15.9 Å². The molecule has 8 nitrogen and oxygen atoms in total. The van der Waals surface area contributed by atoms with Crippen LogP contribution in [-0.2, 0) is 24.8 Å². The molecule has 2 rings (SSSR count). The number of nitrogens with one attached hydrogen (secondary N) is 2. The summed E-state index contributed by atoms with van der Waals surface area (Å²) in [5, 5.41) is 2.53. The van der Waals surface area contributed by atoms with Gasteiger partial charge in [-0.15, -0.1) is 0 Å². The Hall–Kier alpha value is -1.79. The number of carbonyl (C=O) groups is 1. The predicted octanol–water partition coefficient (Wildman–Crippen LogP) is 1.86. The Balaban J connectivity index is 1.88. The van der Waals surface area contributed by atoms with Gasteiger partial charge in [-0.1, -0.05) is 40.5 Å². The molecule has 0 spiro atoms. The number of amides is 1. The zero-order valence-electron chi connectivity index (χ0n) is 16.6. The minimum Gasteiger partial charge on any atom is -0.354 e. The lowest BCUT2D eigenvalue weighted by Gasteiger charge is -2.20. The summed E-state index contributed by atoms with van der Waals surface area (Å²) >= 11 is 3.25. The van der Waals surface area contributed by atoms with Crippen LogP contribution in [0.3, 0.4) is 0 Å². The van der Waals surface area contributed by atoms with Crippen LogP contribution in [0.15, 0.2) is 62.8 Å². The number of halogens is 1. The number of likely N-dealkylation sites (N-methyl/N-ethyl adjacent to an activating group) is 1. The average molecular weight is 518 g/mol. The van der Waals surface area contributed by atoms with E-state index in [-0.39, 0.29) is 36.0 Å². The van der Waals surface area contributed by atoms with Crippen molar-refractivity contribution in [2.75, 3.05) is 26.2 Å². The second-order valence-electron chi connectivity index (χ2n) is 6.45. The Morgan fingerprint density at radius 1 is 0.933 bits per heavy atom.